The third kappa shape index (κ3) is 2.80. The maximum atomic E-state index is 6.04. The van der Waals surface area contributed by atoms with Crippen molar-refractivity contribution in [1.82, 2.24) is 0 Å². The average molecular weight is 360 g/mol. The number of hydrogen-bond donors (Lipinski definition) is 1. The standard InChI is InChI=1S/C24H25NS/c1-3-24(17-26-24)22-19(12-9-15-25)21-13-7-8-14-23(21,2)16-20(22)18-10-5-4-6-11-18/h1,4-8,10-11,13,16H,9,12,14-15,17,25H2,2H3. The van der Waals surface area contributed by atoms with Gasteiger partial charge in [0.15, 0.2) is 0 Å². The molecule has 1 fully saturated rings. The Balaban J connectivity index is 1.97. The molecule has 0 spiro atoms. The molecule has 1 aliphatic heterocycles. The fourth-order valence-corrected chi connectivity index (χ4v) is 5.10. The van der Waals surface area contributed by atoms with Crippen LogP contribution in [-0.2, 0) is 0 Å². The molecule has 2 unspecified atom stereocenters. The average Bonchev–Trinajstić information content (AvgIpc) is 3.46. The van der Waals surface area contributed by atoms with E-state index in [0.717, 1.165) is 25.0 Å². The lowest BCUT2D eigenvalue weighted by molar-refractivity contribution is 0.512. The van der Waals surface area contributed by atoms with Gasteiger partial charge in [-0.15, -0.1) is 18.2 Å². The molecule has 0 bridgehead atoms. The SMILES string of the molecule is C#CC1(C2=C(CCCN)C3=CC=CCC3(C)C=C2c2ccccc2)CS1. The van der Waals surface area contributed by atoms with E-state index in [1.807, 2.05) is 11.8 Å². The minimum Gasteiger partial charge on any atom is -0.330 e. The highest BCUT2D eigenvalue weighted by Gasteiger charge is 2.51. The van der Waals surface area contributed by atoms with Gasteiger partial charge in [-0.1, -0.05) is 67.5 Å². The summed E-state index contributed by atoms with van der Waals surface area (Å²) < 4.78 is -0.172. The number of thioether (sulfide) groups is 1. The van der Waals surface area contributed by atoms with Gasteiger partial charge in [0, 0.05) is 11.2 Å². The molecule has 4 rings (SSSR count). The quantitative estimate of drug-likeness (QED) is 0.582. The van der Waals surface area contributed by atoms with Gasteiger partial charge in [0.05, 0.1) is 0 Å². The monoisotopic (exact) mass is 359 g/mol. The van der Waals surface area contributed by atoms with E-state index in [1.165, 1.54) is 27.9 Å². The molecule has 0 aromatic heterocycles. The smallest absolute Gasteiger partial charge is 0.111 e. The molecule has 0 saturated carbocycles. The Morgan fingerprint density at radius 3 is 2.69 bits per heavy atom. The second-order valence-electron chi connectivity index (χ2n) is 7.56. The van der Waals surface area contributed by atoms with E-state index in [0.29, 0.717) is 6.54 Å². The molecule has 0 amide bonds. The Morgan fingerprint density at radius 1 is 1.27 bits per heavy atom. The summed E-state index contributed by atoms with van der Waals surface area (Å²) in [4.78, 5) is 0. The van der Waals surface area contributed by atoms with E-state index in [4.69, 9.17) is 12.2 Å². The van der Waals surface area contributed by atoms with Crippen molar-refractivity contribution in [3.63, 3.8) is 0 Å². The highest BCUT2D eigenvalue weighted by molar-refractivity contribution is 8.08. The third-order valence-electron chi connectivity index (χ3n) is 5.70. The van der Waals surface area contributed by atoms with Crippen LogP contribution in [0.4, 0.5) is 0 Å². The number of rotatable bonds is 5. The van der Waals surface area contributed by atoms with Crippen molar-refractivity contribution in [1.29, 1.82) is 0 Å². The lowest BCUT2D eigenvalue weighted by Gasteiger charge is -2.40. The predicted molar refractivity (Wildman–Crippen MR) is 114 cm³/mol. The molecule has 0 radical (unpaired) electrons. The van der Waals surface area contributed by atoms with Gasteiger partial charge in [0.1, 0.15) is 4.75 Å². The summed E-state index contributed by atoms with van der Waals surface area (Å²) in [6.45, 7) is 3.06. The molecule has 1 saturated heterocycles. The van der Waals surface area contributed by atoms with Gasteiger partial charge in [-0.2, -0.15) is 0 Å². The highest BCUT2D eigenvalue weighted by Crippen LogP contribution is 2.60. The zero-order valence-electron chi connectivity index (χ0n) is 15.3. The molecule has 3 aliphatic rings. The van der Waals surface area contributed by atoms with Crippen LogP contribution in [0.15, 0.2) is 71.4 Å². The Hall–Kier alpha value is -1.95. The van der Waals surface area contributed by atoms with Crippen LogP contribution in [0.25, 0.3) is 5.57 Å². The predicted octanol–water partition coefficient (Wildman–Crippen LogP) is 5.13. The van der Waals surface area contributed by atoms with E-state index >= 15 is 0 Å². The molecule has 2 atom stereocenters. The topological polar surface area (TPSA) is 26.0 Å². The summed E-state index contributed by atoms with van der Waals surface area (Å²) in [6, 6.07) is 10.7. The number of benzene rings is 1. The molecule has 1 nitrogen and oxygen atoms in total. The van der Waals surface area contributed by atoms with Crippen molar-refractivity contribution in [2.24, 2.45) is 11.1 Å². The Bertz CT molecular complexity index is 875. The van der Waals surface area contributed by atoms with Gasteiger partial charge < -0.3 is 5.73 Å². The minimum absolute atomic E-state index is 0.0305. The Morgan fingerprint density at radius 2 is 2.04 bits per heavy atom. The first-order chi connectivity index (χ1) is 12.6. The summed E-state index contributed by atoms with van der Waals surface area (Å²) >= 11 is 1.88. The molecule has 2 heteroatoms. The summed E-state index contributed by atoms with van der Waals surface area (Å²) in [5.41, 5.74) is 12.7. The van der Waals surface area contributed by atoms with Gasteiger partial charge in [-0.3, -0.25) is 0 Å². The van der Waals surface area contributed by atoms with Crippen LogP contribution >= 0.6 is 11.8 Å². The lowest BCUT2D eigenvalue weighted by Crippen LogP contribution is -2.28. The first-order valence-corrected chi connectivity index (χ1v) is 10.3. The number of hydrogen-bond acceptors (Lipinski definition) is 2. The van der Waals surface area contributed by atoms with Crippen LogP contribution in [0.5, 0.6) is 0 Å². The molecule has 1 heterocycles. The van der Waals surface area contributed by atoms with Gasteiger partial charge in [0.25, 0.3) is 0 Å². The molecule has 1 aromatic rings. The van der Waals surface area contributed by atoms with Gasteiger partial charge in [-0.05, 0) is 53.7 Å². The zero-order chi connectivity index (χ0) is 18.2. The van der Waals surface area contributed by atoms with Crippen molar-refractivity contribution >= 4 is 17.3 Å². The largest absolute Gasteiger partial charge is 0.330 e. The first kappa shape index (κ1) is 17.5. The summed E-state index contributed by atoms with van der Waals surface area (Å²) in [5, 5.41) is 0. The van der Waals surface area contributed by atoms with Crippen molar-refractivity contribution in [3.8, 4) is 12.3 Å². The molecule has 26 heavy (non-hydrogen) atoms. The van der Waals surface area contributed by atoms with Crippen LogP contribution in [0, 0.1) is 17.8 Å². The van der Waals surface area contributed by atoms with Crippen molar-refractivity contribution < 1.29 is 0 Å². The van der Waals surface area contributed by atoms with Crippen LogP contribution < -0.4 is 5.73 Å². The van der Waals surface area contributed by atoms with Crippen LogP contribution in [0.3, 0.4) is 0 Å². The normalized spacial score (nSPS) is 29.6. The maximum absolute atomic E-state index is 6.04. The number of allylic oxidation sites excluding steroid dienone is 7. The minimum atomic E-state index is -0.172. The van der Waals surface area contributed by atoms with Crippen LogP contribution in [0.1, 0.15) is 31.7 Å². The molecule has 1 aromatic carbocycles. The van der Waals surface area contributed by atoms with E-state index in [-0.39, 0.29) is 10.2 Å². The fourth-order valence-electron chi connectivity index (χ4n) is 4.26. The third-order valence-corrected chi connectivity index (χ3v) is 6.89. The fraction of sp³-hybridized carbons (Fsp3) is 0.333. The Labute approximate surface area is 161 Å². The summed E-state index contributed by atoms with van der Waals surface area (Å²) in [6.07, 6.45) is 18.3. The summed E-state index contributed by atoms with van der Waals surface area (Å²) in [5.74, 6) is 4.13. The summed E-state index contributed by atoms with van der Waals surface area (Å²) in [7, 11) is 0. The number of fused-ring (bicyclic) bond motifs is 1. The van der Waals surface area contributed by atoms with E-state index in [2.05, 4.69) is 67.5 Å². The van der Waals surface area contributed by atoms with Crippen molar-refractivity contribution in [3.05, 3.63) is 76.9 Å². The molecule has 2 aliphatic carbocycles. The second kappa shape index (κ2) is 6.65. The zero-order valence-corrected chi connectivity index (χ0v) is 16.1. The number of nitrogens with two attached hydrogens (primary N) is 1. The van der Waals surface area contributed by atoms with E-state index in [1.54, 1.807) is 0 Å². The Kier molecular flexibility index (Phi) is 4.47. The molecular weight excluding hydrogens is 334 g/mol. The van der Waals surface area contributed by atoms with Gasteiger partial charge in [-0.25, -0.2) is 0 Å². The molecule has 2 N–H and O–H groups in total. The van der Waals surface area contributed by atoms with Crippen LogP contribution in [-0.4, -0.2) is 17.0 Å². The van der Waals surface area contributed by atoms with Gasteiger partial charge in [0.2, 0.25) is 0 Å². The van der Waals surface area contributed by atoms with Crippen LogP contribution in [0.2, 0.25) is 0 Å². The highest BCUT2D eigenvalue weighted by atomic mass is 32.2. The molecule has 132 valence electrons. The maximum Gasteiger partial charge on any atom is 0.111 e. The van der Waals surface area contributed by atoms with Gasteiger partial charge >= 0.3 is 0 Å². The molecular formula is C24H25NS. The lowest BCUT2D eigenvalue weighted by atomic mass is 9.64. The van der Waals surface area contributed by atoms with Crippen molar-refractivity contribution in [2.45, 2.75) is 30.9 Å². The second-order valence-corrected chi connectivity index (χ2v) is 8.83. The number of terminal acetylenes is 1. The van der Waals surface area contributed by atoms with Crippen molar-refractivity contribution in [2.75, 3.05) is 12.3 Å². The first-order valence-electron chi connectivity index (χ1n) is 9.35. The van der Waals surface area contributed by atoms with E-state index in [9.17, 15) is 0 Å². The van der Waals surface area contributed by atoms with E-state index < -0.39 is 0 Å².